The average Bonchev–Trinajstić information content (AvgIpc) is 2.77. The van der Waals surface area contributed by atoms with Gasteiger partial charge in [0.05, 0.1) is 29.1 Å². The first-order valence-corrected chi connectivity index (χ1v) is 10.0. The zero-order valence-corrected chi connectivity index (χ0v) is 17.7. The Balaban J connectivity index is 1.67. The van der Waals surface area contributed by atoms with E-state index in [4.69, 9.17) is 21.1 Å². The second-order valence-corrected chi connectivity index (χ2v) is 7.41. The van der Waals surface area contributed by atoms with E-state index in [9.17, 15) is 8.78 Å². The first-order chi connectivity index (χ1) is 14.9. The number of benzene rings is 2. The summed E-state index contributed by atoms with van der Waals surface area (Å²) in [5, 5.41) is 0.512. The third-order valence-corrected chi connectivity index (χ3v) is 5.25. The van der Waals surface area contributed by atoms with E-state index in [0.29, 0.717) is 28.1 Å². The SMILES string of the molecule is Cc1nc2c(F)cccc2cc1Oc1ccc(F)c(Cl)c1C(C)OCc1ccccn1. The number of aromatic nitrogens is 2. The van der Waals surface area contributed by atoms with Crippen LogP contribution >= 0.6 is 11.6 Å². The number of para-hydroxylation sites is 1. The fourth-order valence-electron chi connectivity index (χ4n) is 3.25. The highest BCUT2D eigenvalue weighted by Crippen LogP contribution is 2.39. The van der Waals surface area contributed by atoms with Crippen LogP contribution in [0, 0.1) is 18.6 Å². The summed E-state index contributed by atoms with van der Waals surface area (Å²) in [7, 11) is 0. The molecule has 7 heteroatoms. The lowest BCUT2D eigenvalue weighted by molar-refractivity contribution is 0.0491. The van der Waals surface area contributed by atoms with Gasteiger partial charge in [0.25, 0.3) is 0 Å². The fourth-order valence-corrected chi connectivity index (χ4v) is 3.56. The minimum Gasteiger partial charge on any atom is -0.455 e. The smallest absolute Gasteiger partial charge is 0.149 e. The van der Waals surface area contributed by atoms with Gasteiger partial charge in [0.1, 0.15) is 28.7 Å². The van der Waals surface area contributed by atoms with Crippen LogP contribution in [-0.4, -0.2) is 9.97 Å². The van der Waals surface area contributed by atoms with Crippen molar-refractivity contribution >= 4 is 22.5 Å². The average molecular weight is 441 g/mol. The summed E-state index contributed by atoms with van der Waals surface area (Å²) in [6.07, 6.45) is 1.09. The number of hydrogen-bond donors (Lipinski definition) is 0. The predicted octanol–water partition coefficient (Wildman–Crippen LogP) is 6.94. The standard InChI is InChI=1S/C24H19ClF2N2O2/c1-14-21(12-16-6-5-8-19(27)24(16)29-14)31-20-10-9-18(26)23(25)22(20)15(2)30-13-17-7-3-4-11-28-17/h3-12,15H,13H2,1-2H3. The maximum absolute atomic E-state index is 14.2. The van der Waals surface area contributed by atoms with Crippen LogP contribution in [0.4, 0.5) is 8.78 Å². The molecule has 0 saturated heterocycles. The van der Waals surface area contributed by atoms with Gasteiger partial charge in [0.15, 0.2) is 0 Å². The molecule has 0 N–H and O–H groups in total. The van der Waals surface area contributed by atoms with Gasteiger partial charge in [-0.1, -0.05) is 29.8 Å². The Morgan fingerprint density at radius 1 is 1.00 bits per heavy atom. The van der Waals surface area contributed by atoms with E-state index >= 15 is 0 Å². The summed E-state index contributed by atoms with van der Waals surface area (Å²) in [5.41, 5.74) is 1.86. The van der Waals surface area contributed by atoms with Crippen molar-refractivity contribution in [1.29, 1.82) is 0 Å². The molecule has 2 heterocycles. The van der Waals surface area contributed by atoms with Crippen LogP contribution in [0.1, 0.15) is 30.0 Å². The largest absolute Gasteiger partial charge is 0.455 e. The second-order valence-electron chi connectivity index (χ2n) is 7.03. The molecular formula is C24H19ClF2N2O2. The van der Waals surface area contributed by atoms with Crippen molar-refractivity contribution in [1.82, 2.24) is 9.97 Å². The number of halogens is 3. The lowest BCUT2D eigenvalue weighted by atomic mass is 10.1. The number of pyridine rings is 2. The molecule has 1 atom stereocenters. The normalized spacial score (nSPS) is 12.2. The zero-order chi connectivity index (χ0) is 22.0. The van der Waals surface area contributed by atoms with E-state index in [1.54, 1.807) is 38.2 Å². The number of nitrogens with zero attached hydrogens (tertiary/aromatic N) is 2. The lowest BCUT2D eigenvalue weighted by Gasteiger charge is -2.20. The van der Waals surface area contributed by atoms with E-state index in [1.165, 1.54) is 18.2 Å². The highest BCUT2D eigenvalue weighted by atomic mass is 35.5. The molecule has 31 heavy (non-hydrogen) atoms. The molecular weight excluding hydrogens is 422 g/mol. The Morgan fingerprint density at radius 3 is 2.61 bits per heavy atom. The minimum absolute atomic E-state index is 0.0801. The molecule has 0 fully saturated rings. The highest BCUT2D eigenvalue weighted by molar-refractivity contribution is 6.31. The van der Waals surface area contributed by atoms with Crippen molar-refractivity contribution in [3.63, 3.8) is 0 Å². The van der Waals surface area contributed by atoms with E-state index in [0.717, 1.165) is 5.69 Å². The molecule has 4 nitrogen and oxygen atoms in total. The van der Waals surface area contributed by atoms with Gasteiger partial charge in [-0.25, -0.2) is 13.8 Å². The first kappa shape index (κ1) is 21.2. The van der Waals surface area contributed by atoms with Crippen molar-refractivity contribution in [2.24, 2.45) is 0 Å². The Morgan fingerprint density at radius 2 is 1.84 bits per heavy atom. The molecule has 2 aromatic heterocycles. The molecule has 0 aliphatic rings. The van der Waals surface area contributed by atoms with E-state index in [-0.39, 0.29) is 17.1 Å². The monoisotopic (exact) mass is 440 g/mol. The Kier molecular flexibility index (Phi) is 6.11. The van der Waals surface area contributed by atoms with Crippen LogP contribution in [0.15, 0.2) is 60.8 Å². The molecule has 4 rings (SSSR count). The molecule has 0 aliphatic carbocycles. The van der Waals surface area contributed by atoms with Crippen molar-refractivity contribution in [3.05, 3.63) is 94.4 Å². The highest BCUT2D eigenvalue weighted by Gasteiger charge is 2.21. The number of ether oxygens (including phenoxy) is 2. The molecule has 1 unspecified atom stereocenters. The summed E-state index contributed by atoms with van der Waals surface area (Å²) in [4.78, 5) is 8.54. The van der Waals surface area contributed by atoms with Gasteiger partial charge in [-0.3, -0.25) is 4.98 Å². The van der Waals surface area contributed by atoms with E-state index in [2.05, 4.69) is 9.97 Å². The summed E-state index contributed by atoms with van der Waals surface area (Å²) in [6.45, 7) is 3.70. The quantitative estimate of drug-likeness (QED) is 0.325. The van der Waals surface area contributed by atoms with Crippen LogP contribution in [0.5, 0.6) is 11.5 Å². The molecule has 0 aliphatic heterocycles. The first-order valence-electron chi connectivity index (χ1n) is 9.67. The van der Waals surface area contributed by atoms with E-state index < -0.39 is 17.7 Å². The van der Waals surface area contributed by atoms with Crippen molar-refractivity contribution < 1.29 is 18.3 Å². The van der Waals surface area contributed by atoms with Crippen molar-refractivity contribution in [3.8, 4) is 11.5 Å². The molecule has 0 amide bonds. The molecule has 158 valence electrons. The number of rotatable bonds is 6. The van der Waals surface area contributed by atoms with Gasteiger partial charge in [0, 0.05) is 17.1 Å². The van der Waals surface area contributed by atoms with Crippen LogP contribution in [0.2, 0.25) is 5.02 Å². The Labute approximate surface area is 183 Å². The predicted molar refractivity (Wildman–Crippen MR) is 115 cm³/mol. The molecule has 2 aromatic carbocycles. The van der Waals surface area contributed by atoms with Gasteiger partial charge >= 0.3 is 0 Å². The second kappa shape index (κ2) is 8.96. The summed E-state index contributed by atoms with van der Waals surface area (Å²) in [5.74, 6) is -0.235. The maximum Gasteiger partial charge on any atom is 0.149 e. The minimum atomic E-state index is -0.577. The van der Waals surface area contributed by atoms with Gasteiger partial charge < -0.3 is 9.47 Å². The summed E-state index contributed by atoms with van der Waals surface area (Å²) < 4.78 is 40.2. The lowest BCUT2D eigenvalue weighted by Crippen LogP contribution is -2.06. The molecule has 0 bridgehead atoms. The number of aryl methyl sites for hydroxylation is 1. The van der Waals surface area contributed by atoms with Crippen LogP contribution in [0.3, 0.4) is 0 Å². The summed E-state index contributed by atoms with van der Waals surface area (Å²) in [6, 6.07) is 14.6. The number of hydrogen-bond acceptors (Lipinski definition) is 4. The third kappa shape index (κ3) is 4.50. The molecule has 0 spiro atoms. The Hall–Kier alpha value is -3.09. The van der Waals surface area contributed by atoms with Gasteiger partial charge in [0.2, 0.25) is 0 Å². The molecule has 0 saturated carbocycles. The maximum atomic E-state index is 14.2. The van der Waals surface area contributed by atoms with Gasteiger partial charge in [-0.2, -0.15) is 0 Å². The topological polar surface area (TPSA) is 44.2 Å². The Bertz CT molecular complexity index is 1240. The molecule has 4 aromatic rings. The summed E-state index contributed by atoms with van der Waals surface area (Å²) >= 11 is 6.28. The van der Waals surface area contributed by atoms with E-state index in [1.807, 2.05) is 18.2 Å². The zero-order valence-electron chi connectivity index (χ0n) is 16.9. The van der Waals surface area contributed by atoms with Crippen LogP contribution in [0.25, 0.3) is 10.9 Å². The van der Waals surface area contributed by atoms with Crippen LogP contribution < -0.4 is 4.74 Å². The van der Waals surface area contributed by atoms with Gasteiger partial charge in [-0.05, 0) is 50.2 Å². The fraction of sp³-hybridized carbons (Fsp3) is 0.167. The third-order valence-electron chi connectivity index (χ3n) is 4.87. The number of fused-ring (bicyclic) bond motifs is 1. The van der Waals surface area contributed by atoms with Crippen molar-refractivity contribution in [2.45, 2.75) is 26.6 Å². The molecule has 0 radical (unpaired) electrons. The van der Waals surface area contributed by atoms with Crippen LogP contribution in [-0.2, 0) is 11.3 Å². The van der Waals surface area contributed by atoms with Gasteiger partial charge in [-0.15, -0.1) is 0 Å². The van der Waals surface area contributed by atoms with Crippen molar-refractivity contribution in [2.75, 3.05) is 0 Å².